The molecule has 0 bridgehead atoms. The van der Waals surface area contributed by atoms with Crippen molar-refractivity contribution >= 4 is 27.3 Å². The number of hydrogen-bond donors (Lipinski definition) is 2. The van der Waals surface area contributed by atoms with Gasteiger partial charge in [0.05, 0.1) is 4.90 Å². The number of rotatable bonds is 9. The lowest BCUT2D eigenvalue weighted by molar-refractivity contribution is 0.0954. The maximum atomic E-state index is 12.3. The molecule has 0 unspecified atom stereocenters. The normalized spacial score (nSPS) is 11.1. The van der Waals surface area contributed by atoms with Crippen molar-refractivity contribution in [3.8, 4) is 5.75 Å². The van der Waals surface area contributed by atoms with Gasteiger partial charge in [-0.2, -0.15) is 0 Å². The lowest BCUT2D eigenvalue weighted by Crippen LogP contribution is -2.34. The number of nitrogens with one attached hydrogen (secondary N) is 2. The molecule has 146 valence electrons. The van der Waals surface area contributed by atoms with E-state index in [0.717, 1.165) is 4.88 Å². The molecule has 0 atom stereocenters. The molecule has 0 radical (unpaired) electrons. The van der Waals surface area contributed by atoms with E-state index in [-0.39, 0.29) is 23.9 Å². The highest BCUT2D eigenvalue weighted by atomic mass is 32.2. The van der Waals surface area contributed by atoms with Crippen LogP contribution in [-0.4, -0.2) is 27.4 Å². The van der Waals surface area contributed by atoms with Crippen LogP contribution in [-0.2, 0) is 16.6 Å². The minimum atomic E-state index is -3.58. The second-order valence-corrected chi connectivity index (χ2v) is 8.66. The third-order valence-corrected chi connectivity index (χ3v) is 6.14. The fraction of sp³-hybridized carbons (Fsp3) is 0.150. The zero-order valence-electron chi connectivity index (χ0n) is 15.0. The van der Waals surface area contributed by atoms with Crippen molar-refractivity contribution in [3.05, 3.63) is 82.6 Å². The molecule has 1 heterocycles. The molecule has 3 aromatic rings. The molecule has 1 amide bonds. The van der Waals surface area contributed by atoms with Crippen molar-refractivity contribution in [1.29, 1.82) is 0 Å². The predicted molar refractivity (Wildman–Crippen MR) is 109 cm³/mol. The van der Waals surface area contributed by atoms with Crippen LogP contribution in [0.5, 0.6) is 5.75 Å². The molecule has 28 heavy (non-hydrogen) atoms. The minimum Gasteiger partial charge on any atom is -0.488 e. The Morgan fingerprint density at radius 3 is 2.54 bits per heavy atom. The van der Waals surface area contributed by atoms with E-state index in [9.17, 15) is 13.2 Å². The van der Waals surface area contributed by atoms with Crippen molar-refractivity contribution in [3.63, 3.8) is 0 Å². The van der Waals surface area contributed by atoms with Crippen molar-refractivity contribution in [2.45, 2.75) is 11.5 Å². The molecule has 0 fully saturated rings. The molecule has 0 saturated heterocycles. The molecule has 0 aliphatic rings. The second kappa shape index (κ2) is 9.50. The summed E-state index contributed by atoms with van der Waals surface area (Å²) in [6.45, 7) is 0.715. The van der Waals surface area contributed by atoms with Gasteiger partial charge >= 0.3 is 0 Å². The fourth-order valence-electron chi connectivity index (χ4n) is 2.42. The molecular weight excluding hydrogens is 396 g/mol. The highest BCUT2D eigenvalue weighted by Crippen LogP contribution is 2.17. The number of thiophene rings is 1. The first-order valence-corrected chi connectivity index (χ1v) is 11.0. The van der Waals surface area contributed by atoms with Crippen LogP contribution in [0.1, 0.15) is 15.2 Å². The summed E-state index contributed by atoms with van der Waals surface area (Å²) < 4.78 is 32.4. The van der Waals surface area contributed by atoms with Crippen LogP contribution in [0.25, 0.3) is 0 Å². The van der Waals surface area contributed by atoms with Crippen molar-refractivity contribution in [1.82, 2.24) is 10.0 Å². The van der Waals surface area contributed by atoms with E-state index >= 15 is 0 Å². The van der Waals surface area contributed by atoms with Crippen LogP contribution in [0.3, 0.4) is 0 Å². The van der Waals surface area contributed by atoms with Crippen LogP contribution in [0.2, 0.25) is 0 Å². The summed E-state index contributed by atoms with van der Waals surface area (Å²) in [7, 11) is -3.58. The van der Waals surface area contributed by atoms with Gasteiger partial charge in [0.2, 0.25) is 10.0 Å². The Labute approximate surface area is 168 Å². The molecule has 0 spiro atoms. The van der Waals surface area contributed by atoms with Gasteiger partial charge in [-0.1, -0.05) is 30.3 Å². The van der Waals surface area contributed by atoms with E-state index in [0.29, 0.717) is 17.9 Å². The smallest absolute Gasteiger partial charge is 0.251 e. The molecule has 2 N–H and O–H groups in total. The Morgan fingerprint density at radius 1 is 0.964 bits per heavy atom. The molecule has 6 nitrogen and oxygen atoms in total. The van der Waals surface area contributed by atoms with Crippen molar-refractivity contribution in [2.24, 2.45) is 0 Å². The predicted octanol–water partition coefficient (Wildman–Crippen LogP) is 3.04. The minimum absolute atomic E-state index is 0.0948. The van der Waals surface area contributed by atoms with Gasteiger partial charge in [0, 0.05) is 23.5 Å². The van der Waals surface area contributed by atoms with Crippen molar-refractivity contribution in [2.75, 3.05) is 13.1 Å². The summed E-state index contributed by atoms with van der Waals surface area (Å²) in [4.78, 5) is 13.6. The number of carbonyl (C=O) groups excluding carboxylic acids is 1. The standard InChI is InChI=1S/C20H20N2O4S2/c23-20(21-11-12-22-28(24,25)19-9-2-1-3-10-19)16-6-4-7-17(14-16)26-15-18-8-5-13-27-18/h1-10,13-14,22H,11-12,15H2,(H,21,23). The van der Waals surface area contributed by atoms with Gasteiger partial charge in [0.15, 0.2) is 0 Å². The van der Waals surface area contributed by atoms with Crippen molar-refractivity contribution < 1.29 is 17.9 Å². The highest BCUT2D eigenvalue weighted by molar-refractivity contribution is 7.89. The topological polar surface area (TPSA) is 84.5 Å². The average Bonchev–Trinajstić information content (AvgIpc) is 3.24. The third-order valence-electron chi connectivity index (χ3n) is 3.81. The number of sulfonamides is 1. The van der Waals surface area contributed by atoms with E-state index in [2.05, 4.69) is 10.0 Å². The number of ether oxygens (including phenoxy) is 1. The first-order chi connectivity index (χ1) is 13.5. The lowest BCUT2D eigenvalue weighted by atomic mass is 10.2. The zero-order valence-corrected chi connectivity index (χ0v) is 16.6. The van der Waals surface area contributed by atoms with Crippen LogP contribution >= 0.6 is 11.3 Å². The van der Waals surface area contributed by atoms with Gasteiger partial charge in [-0.05, 0) is 41.8 Å². The molecular formula is C20H20N2O4S2. The Balaban J connectivity index is 1.47. The first kappa shape index (κ1) is 20.1. The van der Waals surface area contributed by atoms with Gasteiger partial charge in [-0.25, -0.2) is 13.1 Å². The summed E-state index contributed by atoms with van der Waals surface area (Å²) in [5, 5.41) is 4.68. The van der Waals surface area contributed by atoms with E-state index in [1.807, 2.05) is 17.5 Å². The monoisotopic (exact) mass is 416 g/mol. The number of carbonyl (C=O) groups is 1. The fourth-order valence-corrected chi connectivity index (χ4v) is 4.09. The largest absolute Gasteiger partial charge is 0.488 e. The van der Waals surface area contributed by atoms with Gasteiger partial charge < -0.3 is 10.1 Å². The molecule has 0 saturated carbocycles. The summed E-state index contributed by atoms with van der Waals surface area (Å²) >= 11 is 1.61. The summed E-state index contributed by atoms with van der Waals surface area (Å²) in [6, 6.07) is 18.9. The summed E-state index contributed by atoms with van der Waals surface area (Å²) in [5.74, 6) is 0.311. The van der Waals surface area contributed by atoms with E-state index in [4.69, 9.17) is 4.74 Å². The molecule has 1 aromatic heterocycles. The SMILES string of the molecule is O=C(NCCNS(=O)(=O)c1ccccc1)c1cccc(OCc2cccs2)c1. The quantitative estimate of drug-likeness (QED) is 0.525. The number of benzene rings is 2. The van der Waals surface area contributed by atoms with Gasteiger partial charge in [0.25, 0.3) is 5.91 Å². The van der Waals surface area contributed by atoms with Crippen LogP contribution in [0, 0.1) is 0 Å². The molecule has 2 aromatic carbocycles. The Bertz CT molecular complexity index is 1000. The molecule has 0 aliphatic heterocycles. The third kappa shape index (κ3) is 5.66. The maximum Gasteiger partial charge on any atom is 0.251 e. The van der Waals surface area contributed by atoms with Gasteiger partial charge in [0.1, 0.15) is 12.4 Å². The van der Waals surface area contributed by atoms with E-state index < -0.39 is 10.0 Å². The lowest BCUT2D eigenvalue weighted by Gasteiger charge is -2.09. The summed E-state index contributed by atoms with van der Waals surface area (Å²) in [6.07, 6.45) is 0. The second-order valence-electron chi connectivity index (χ2n) is 5.86. The maximum absolute atomic E-state index is 12.3. The Morgan fingerprint density at radius 2 is 1.79 bits per heavy atom. The summed E-state index contributed by atoms with van der Waals surface area (Å²) in [5.41, 5.74) is 0.453. The Kier molecular flexibility index (Phi) is 6.80. The molecule has 0 aliphatic carbocycles. The molecule has 8 heteroatoms. The van der Waals surface area contributed by atoms with Crippen LogP contribution in [0.15, 0.2) is 77.0 Å². The van der Waals surface area contributed by atoms with E-state index in [1.54, 1.807) is 53.8 Å². The number of hydrogen-bond acceptors (Lipinski definition) is 5. The van der Waals surface area contributed by atoms with E-state index in [1.165, 1.54) is 12.1 Å². The van der Waals surface area contributed by atoms with Gasteiger partial charge in [-0.3, -0.25) is 4.79 Å². The molecule has 3 rings (SSSR count). The van der Waals surface area contributed by atoms with Gasteiger partial charge in [-0.15, -0.1) is 11.3 Å². The van der Waals surface area contributed by atoms with Crippen LogP contribution in [0.4, 0.5) is 0 Å². The first-order valence-electron chi connectivity index (χ1n) is 8.63. The highest BCUT2D eigenvalue weighted by Gasteiger charge is 2.13. The Hall–Kier alpha value is -2.68. The zero-order chi connectivity index (χ0) is 19.8. The van der Waals surface area contributed by atoms with Crippen LogP contribution < -0.4 is 14.8 Å². The average molecular weight is 417 g/mol. The number of amides is 1.